The molecule has 132 valence electrons. The van der Waals surface area contributed by atoms with E-state index >= 15 is 0 Å². The highest BCUT2D eigenvalue weighted by Crippen LogP contribution is 2.30. The fraction of sp³-hybridized carbons (Fsp3) is 0.333. The number of carbonyl (C=O) groups excluding carboxylic acids is 1. The van der Waals surface area contributed by atoms with Crippen molar-refractivity contribution in [2.75, 3.05) is 13.7 Å². The first-order valence-electron chi connectivity index (χ1n) is 8.01. The van der Waals surface area contributed by atoms with Gasteiger partial charge in [-0.2, -0.15) is 0 Å². The first-order valence-corrected chi connectivity index (χ1v) is 8.01. The van der Waals surface area contributed by atoms with E-state index in [4.69, 9.17) is 4.74 Å². The maximum absolute atomic E-state index is 13.5. The van der Waals surface area contributed by atoms with Crippen LogP contribution in [-0.2, 0) is 11.3 Å². The summed E-state index contributed by atoms with van der Waals surface area (Å²) >= 11 is 0. The van der Waals surface area contributed by atoms with Crippen LogP contribution >= 0.6 is 0 Å². The molecule has 2 atom stereocenters. The standard InChI is InChI=1S/C18H19F2N3O2/c1-23(11-12-4-7-21-8-5-12)18(24)22-16-6-9-25-17(16)13-2-3-14(19)15(20)10-13/h2-5,7-8,10,16-17H,6,9,11H2,1H3,(H,22,24)/t16-,17+/m0/s1. The van der Waals surface area contributed by atoms with E-state index in [1.165, 1.54) is 6.07 Å². The Morgan fingerprint density at radius 2 is 2.04 bits per heavy atom. The van der Waals surface area contributed by atoms with Gasteiger partial charge in [-0.25, -0.2) is 13.6 Å². The summed E-state index contributed by atoms with van der Waals surface area (Å²) in [6, 6.07) is 6.80. The second-order valence-electron chi connectivity index (χ2n) is 6.02. The fourth-order valence-electron chi connectivity index (χ4n) is 2.86. The molecule has 0 saturated carbocycles. The van der Waals surface area contributed by atoms with Crippen LogP contribution in [0.3, 0.4) is 0 Å². The van der Waals surface area contributed by atoms with Gasteiger partial charge < -0.3 is 15.0 Å². The number of halogens is 2. The molecule has 0 bridgehead atoms. The summed E-state index contributed by atoms with van der Waals surface area (Å²) in [5.74, 6) is -1.83. The number of hydrogen-bond donors (Lipinski definition) is 1. The number of pyridine rings is 1. The Balaban J connectivity index is 1.64. The topological polar surface area (TPSA) is 54.5 Å². The van der Waals surface area contributed by atoms with Crippen molar-refractivity contribution in [2.24, 2.45) is 0 Å². The van der Waals surface area contributed by atoms with Crippen LogP contribution in [0.15, 0.2) is 42.7 Å². The van der Waals surface area contributed by atoms with Gasteiger partial charge in [0.2, 0.25) is 0 Å². The van der Waals surface area contributed by atoms with Gasteiger partial charge in [0.1, 0.15) is 6.10 Å². The maximum atomic E-state index is 13.5. The number of aromatic nitrogens is 1. The summed E-state index contributed by atoms with van der Waals surface area (Å²) in [6.45, 7) is 0.889. The summed E-state index contributed by atoms with van der Waals surface area (Å²) in [5, 5.41) is 2.91. The highest BCUT2D eigenvalue weighted by Gasteiger charge is 2.32. The van der Waals surface area contributed by atoms with E-state index in [1.807, 2.05) is 12.1 Å². The summed E-state index contributed by atoms with van der Waals surface area (Å²) in [7, 11) is 1.69. The number of hydrogen-bond acceptors (Lipinski definition) is 3. The largest absolute Gasteiger partial charge is 0.371 e. The maximum Gasteiger partial charge on any atom is 0.317 e. The summed E-state index contributed by atoms with van der Waals surface area (Å²) in [6.07, 6.45) is 3.46. The van der Waals surface area contributed by atoms with Crippen LogP contribution in [0.5, 0.6) is 0 Å². The molecule has 1 aromatic carbocycles. The lowest BCUT2D eigenvalue weighted by Gasteiger charge is -2.24. The predicted molar refractivity (Wildman–Crippen MR) is 87.7 cm³/mol. The van der Waals surface area contributed by atoms with Gasteiger partial charge in [-0.05, 0) is 41.8 Å². The van der Waals surface area contributed by atoms with Crippen LogP contribution in [0.1, 0.15) is 23.7 Å². The van der Waals surface area contributed by atoms with Crippen molar-refractivity contribution in [1.82, 2.24) is 15.2 Å². The summed E-state index contributed by atoms with van der Waals surface area (Å²) in [5.41, 5.74) is 1.48. The van der Waals surface area contributed by atoms with Crippen molar-refractivity contribution in [3.63, 3.8) is 0 Å². The molecule has 1 N–H and O–H groups in total. The van der Waals surface area contributed by atoms with E-state index in [0.29, 0.717) is 25.1 Å². The zero-order valence-corrected chi connectivity index (χ0v) is 13.8. The highest BCUT2D eigenvalue weighted by atomic mass is 19.2. The molecule has 0 aliphatic carbocycles. The molecule has 0 radical (unpaired) electrons. The molecule has 1 aliphatic rings. The Morgan fingerprint density at radius 3 is 2.76 bits per heavy atom. The first-order chi connectivity index (χ1) is 12.0. The van der Waals surface area contributed by atoms with Crippen molar-refractivity contribution in [3.8, 4) is 0 Å². The van der Waals surface area contributed by atoms with Gasteiger partial charge in [-0.3, -0.25) is 4.98 Å². The van der Waals surface area contributed by atoms with Crippen molar-refractivity contribution in [2.45, 2.75) is 25.1 Å². The Kier molecular flexibility index (Phi) is 5.23. The smallest absolute Gasteiger partial charge is 0.317 e. The minimum absolute atomic E-state index is 0.250. The number of nitrogens with zero attached hydrogens (tertiary/aromatic N) is 2. The van der Waals surface area contributed by atoms with Crippen LogP contribution < -0.4 is 5.32 Å². The van der Waals surface area contributed by atoms with Gasteiger partial charge in [0.15, 0.2) is 11.6 Å². The molecule has 5 nitrogen and oxygen atoms in total. The van der Waals surface area contributed by atoms with E-state index in [-0.39, 0.29) is 12.1 Å². The molecule has 1 aliphatic heterocycles. The molecule has 1 aromatic heterocycles. The second kappa shape index (κ2) is 7.57. The second-order valence-corrected chi connectivity index (χ2v) is 6.02. The third-order valence-electron chi connectivity index (χ3n) is 4.19. The molecule has 0 unspecified atom stereocenters. The third-order valence-corrected chi connectivity index (χ3v) is 4.19. The van der Waals surface area contributed by atoms with Gasteiger partial charge in [0, 0.05) is 32.6 Å². The summed E-state index contributed by atoms with van der Waals surface area (Å²) < 4.78 is 32.2. The highest BCUT2D eigenvalue weighted by molar-refractivity contribution is 5.74. The SMILES string of the molecule is CN(Cc1ccncc1)C(=O)N[C@H]1CCO[C@@H]1c1ccc(F)c(F)c1. The molecular formula is C18H19F2N3O2. The first kappa shape index (κ1) is 17.3. The average Bonchev–Trinajstić information content (AvgIpc) is 3.06. The number of urea groups is 1. The molecule has 7 heteroatoms. The van der Waals surface area contributed by atoms with Gasteiger partial charge in [0.05, 0.1) is 6.04 Å². The lowest BCUT2D eigenvalue weighted by Crippen LogP contribution is -2.43. The zero-order valence-electron chi connectivity index (χ0n) is 13.8. The van der Waals surface area contributed by atoms with Gasteiger partial charge in [-0.15, -0.1) is 0 Å². The fourth-order valence-corrected chi connectivity index (χ4v) is 2.86. The number of carbonyl (C=O) groups is 1. The number of nitrogens with one attached hydrogen (secondary N) is 1. The van der Waals surface area contributed by atoms with Crippen LogP contribution in [0.2, 0.25) is 0 Å². The number of benzene rings is 1. The minimum Gasteiger partial charge on any atom is -0.371 e. The minimum atomic E-state index is -0.923. The van der Waals surface area contributed by atoms with Crippen molar-refractivity contribution in [1.29, 1.82) is 0 Å². The van der Waals surface area contributed by atoms with Crippen LogP contribution in [-0.4, -0.2) is 35.6 Å². The number of rotatable bonds is 4. The third kappa shape index (κ3) is 4.11. The van der Waals surface area contributed by atoms with E-state index < -0.39 is 17.7 Å². The Bertz CT molecular complexity index is 742. The number of ether oxygens (including phenoxy) is 1. The normalized spacial score (nSPS) is 19.6. The van der Waals surface area contributed by atoms with E-state index in [1.54, 1.807) is 24.3 Å². The average molecular weight is 347 g/mol. The Hall–Kier alpha value is -2.54. The molecule has 3 rings (SSSR count). The summed E-state index contributed by atoms with van der Waals surface area (Å²) in [4.78, 5) is 17.9. The van der Waals surface area contributed by atoms with Crippen LogP contribution in [0, 0.1) is 11.6 Å². The lowest BCUT2D eigenvalue weighted by molar-refractivity contribution is 0.0980. The van der Waals surface area contributed by atoms with Gasteiger partial charge in [-0.1, -0.05) is 6.07 Å². The van der Waals surface area contributed by atoms with Gasteiger partial charge in [0.25, 0.3) is 0 Å². The zero-order chi connectivity index (χ0) is 17.8. The van der Waals surface area contributed by atoms with Crippen LogP contribution in [0.4, 0.5) is 13.6 Å². The molecule has 0 spiro atoms. The molecule has 25 heavy (non-hydrogen) atoms. The van der Waals surface area contributed by atoms with Crippen molar-refractivity contribution < 1.29 is 18.3 Å². The van der Waals surface area contributed by atoms with Crippen molar-refractivity contribution >= 4 is 6.03 Å². The van der Waals surface area contributed by atoms with Gasteiger partial charge >= 0.3 is 6.03 Å². The monoisotopic (exact) mass is 347 g/mol. The van der Waals surface area contributed by atoms with E-state index in [0.717, 1.165) is 17.7 Å². The molecule has 2 aromatic rings. The molecule has 1 fully saturated rings. The molecule has 2 heterocycles. The van der Waals surface area contributed by atoms with E-state index in [2.05, 4.69) is 10.3 Å². The predicted octanol–water partition coefficient (Wildman–Crippen LogP) is 3.03. The molecular weight excluding hydrogens is 328 g/mol. The Labute approximate surface area is 144 Å². The molecule has 2 amide bonds. The van der Waals surface area contributed by atoms with Crippen molar-refractivity contribution in [3.05, 3.63) is 65.5 Å². The number of amides is 2. The lowest BCUT2D eigenvalue weighted by atomic mass is 10.0. The van der Waals surface area contributed by atoms with E-state index in [9.17, 15) is 13.6 Å². The molecule has 1 saturated heterocycles. The Morgan fingerprint density at radius 1 is 1.28 bits per heavy atom. The quantitative estimate of drug-likeness (QED) is 0.925. The van der Waals surface area contributed by atoms with Crippen LogP contribution in [0.25, 0.3) is 0 Å².